The zero-order valence-corrected chi connectivity index (χ0v) is 25.1. The van der Waals surface area contributed by atoms with Crippen LogP contribution in [0.4, 0.5) is 17.1 Å². The van der Waals surface area contributed by atoms with Gasteiger partial charge in [-0.05, 0) is 76.9 Å². The van der Waals surface area contributed by atoms with Crippen molar-refractivity contribution in [3.63, 3.8) is 0 Å². The van der Waals surface area contributed by atoms with Crippen LogP contribution in [-0.2, 0) is 5.41 Å². The van der Waals surface area contributed by atoms with Crippen LogP contribution in [0.3, 0.4) is 0 Å². The summed E-state index contributed by atoms with van der Waals surface area (Å²) in [6.07, 6.45) is 0. The van der Waals surface area contributed by atoms with E-state index in [1.54, 1.807) is 0 Å². The molecule has 1 nitrogen and oxygen atoms in total. The summed E-state index contributed by atoms with van der Waals surface area (Å²) in [5, 5.41) is 1.33. The molecule has 42 heavy (non-hydrogen) atoms. The summed E-state index contributed by atoms with van der Waals surface area (Å²) < 4.78 is 2.39. The molecule has 0 fully saturated rings. The third-order valence-electron chi connectivity index (χ3n) is 8.38. The van der Waals surface area contributed by atoms with Crippen molar-refractivity contribution < 1.29 is 0 Å². The minimum absolute atomic E-state index is 0.436. The summed E-state index contributed by atoms with van der Waals surface area (Å²) in [5.74, 6) is 0. The first-order valence-electron chi connectivity index (χ1n) is 14.1. The second kappa shape index (κ2) is 10.1. The summed E-state index contributed by atoms with van der Waals surface area (Å²) in [5.41, 5.74) is 9.51. The molecule has 200 valence electrons. The Bertz CT molecular complexity index is 1990. The molecule has 0 spiro atoms. The van der Waals surface area contributed by atoms with E-state index in [9.17, 15) is 0 Å². The molecule has 1 aromatic heterocycles. The maximum absolute atomic E-state index is 3.63. The molecule has 8 rings (SSSR count). The lowest BCUT2D eigenvalue weighted by Gasteiger charge is -2.34. The summed E-state index contributed by atoms with van der Waals surface area (Å²) in [6.45, 7) is 0. The third-order valence-corrected chi connectivity index (χ3v) is 10.2. The lowest BCUT2D eigenvalue weighted by molar-refractivity contribution is 0.785. The standard InChI is InChI=1S/C39H26BrNS/c40-29-20-22-31(23-21-29)41(30-16-8-3-9-17-30)32-24-25-33-35(26-32)39(27-12-4-1-5-13-27,28-14-6-2-7-15-28)38-37(33)34-18-10-11-19-36(34)42-38/h1-26H. The van der Waals surface area contributed by atoms with Gasteiger partial charge in [0.05, 0.1) is 5.41 Å². The van der Waals surface area contributed by atoms with Gasteiger partial charge in [0.2, 0.25) is 0 Å². The van der Waals surface area contributed by atoms with Crippen molar-refractivity contribution in [2.45, 2.75) is 5.41 Å². The Hall–Kier alpha value is -4.44. The molecule has 0 N–H and O–H groups in total. The topological polar surface area (TPSA) is 3.24 Å². The quantitative estimate of drug-likeness (QED) is 0.185. The van der Waals surface area contributed by atoms with Crippen LogP contribution in [0.25, 0.3) is 21.2 Å². The van der Waals surface area contributed by atoms with Gasteiger partial charge in [0.15, 0.2) is 0 Å². The van der Waals surface area contributed by atoms with Crippen molar-refractivity contribution in [3.8, 4) is 11.1 Å². The molecule has 0 saturated heterocycles. The minimum atomic E-state index is -0.436. The van der Waals surface area contributed by atoms with Gasteiger partial charge in [-0.3, -0.25) is 0 Å². The van der Waals surface area contributed by atoms with Gasteiger partial charge in [-0.2, -0.15) is 0 Å². The highest BCUT2D eigenvalue weighted by Crippen LogP contribution is 2.61. The Morgan fingerprint density at radius 2 is 1.07 bits per heavy atom. The van der Waals surface area contributed by atoms with Gasteiger partial charge in [0.25, 0.3) is 0 Å². The molecule has 0 radical (unpaired) electrons. The zero-order chi connectivity index (χ0) is 28.1. The molecule has 0 saturated carbocycles. The van der Waals surface area contributed by atoms with E-state index in [1.807, 2.05) is 11.3 Å². The van der Waals surface area contributed by atoms with E-state index in [0.717, 1.165) is 21.5 Å². The number of halogens is 1. The zero-order valence-electron chi connectivity index (χ0n) is 22.7. The van der Waals surface area contributed by atoms with Gasteiger partial charge in [-0.1, -0.05) is 119 Å². The van der Waals surface area contributed by atoms with Crippen LogP contribution in [0.5, 0.6) is 0 Å². The van der Waals surface area contributed by atoms with Crippen molar-refractivity contribution in [1.29, 1.82) is 0 Å². The van der Waals surface area contributed by atoms with Gasteiger partial charge in [0, 0.05) is 42.1 Å². The second-order valence-electron chi connectivity index (χ2n) is 10.7. The van der Waals surface area contributed by atoms with Crippen molar-refractivity contribution in [3.05, 3.63) is 184 Å². The fraction of sp³-hybridized carbons (Fsp3) is 0.0256. The highest BCUT2D eigenvalue weighted by atomic mass is 79.9. The molecule has 7 aromatic rings. The van der Waals surface area contributed by atoms with Gasteiger partial charge in [0.1, 0.15) is 0 Å². The largest absolute Gasteiger partial charge is 0.310 e. The number of para-hydroxylation sites is 1. The van der Waals surface area contributed by atoms with Crippen LogP contribution in [0, 0.1) is 0 Å². The van der Waals surface area contributed by atoms with Crippen LogP contribution >= 0.6 is 27.3 Å². The van der Waals surface area contributed by atoms with Crippen molar-refractivity contribution in [2.75, 3.05) is 4.90 Å². The van der Waals surface area contributed by atoms with Crippen LogP contribution < -0.4 is 4.90 Å². The van der Waals surface area contributed by atoms with E-state index in [1.165, 1.54) is 42.8 Å². The fourth-order valence-corrected chi connectivity index (χ4v) is 8.36. The van der Waals surface area contributed by atoms with Crippen LogP contribution in [0.2, 0.25) is 0 Å². The number of nitrogens with zero attached hydrogens (tertiary/aromatic N) is 1. The van der Waals surface area contributed by atoms with E-state index >= 15 is 0 Å². The number of benzene rings is 6. The first-order valence-corrected chi connectivity index (χ1v) is 15.7. The van der Waals surface area contributed by atoms with E-state index < -0.39 is 5.41 Å². The predicted molar refractivity (Wildman–Crippen MR) is 182 cm³/mol. The van der Waals surface area contributed by atoms with Gasteiger partial charge in [-0.15, -0.1) is 11.3 Å². The molecule has 0 atom stereocenters. The summed E-state index contributed by atoms with van der Waals surface area (Å²) >= 11 is 5.56. The van der Waals surface area contributed by atoms with Gasteiger partial charge in [-0.25, -0.2) is 0 Å². The maximum atomic E-state index is 3.63. The Balaban J connectivity index is 1.47. The van der Waals surface area contributed by atoms with Crippen molar-refractivity contribution in [2.24, 2.45) is 0 Å². The average Bonchev–Trinajstić information content (AvgIpc) is 3.57. The van der Waals surface area contributed by atoms with E-state index in [4.69, 9.17) is 0 Å². The Morgan fingerprint density at radius 3 is 1.74 bits per heavy atom. The number of hydrogen-bond acceptors (Lipinski definition) is 2. The lowest BCUT2D eigenvalue weighted by atomic mass is 9.70. The monoisotopic (exact) mass is 619 g/mol. The van der Waals surface area contributed by atoms with Crippen LogP contribution in [0.1, 0.15) is 21.6 Å². The highest BCUT2D eigenvalue weighted by molar-refractivity contribution is 9.10. The van der Waals surface area contributed by atoms with E-state index in [-0.39, 0.29) is 0 Å². The van der Waals surface area contributed by atoms with Crippen molar-refractivity contribution in [1.82, 2.24) is 0 Å². The van der Waals surface area contributed by atoms with Gasteiger partial charge < -0.3 is 4.90 Å². The first-order chi connectivity index (χ1) is 20.7. The summed E-state index contributed by atoms with van der Waals surface area (Å²) in [6, 6.07) is 57.3. The van der Waals surface area contributed by atoms with Crippen molar-refractivity contribution >= 4 is 54.4 Å². The number of fused-ring (bicyclic) bond motifs is 5. The second-order valence-corrected chi connectivity index (χ2v) is 12.6. The Morgan fingerprint density at radius 1 is 0.524 bits per heavy atom. The number of anilines is 3. The lowest BCUT2D eigenvalue weighted by Crippen LogP contribution is -2.28. The van der Waals surface area contributed by atoms with E-state index in [0.29, 0.717) is 0 Å². The SMILES string of the molecule is Brc1ccc(N(c2ccccc2)c2ccc3c(c2)C(c2ccccc2)(c2ccccc2)c2sc4ccccc4c2-3)cc1. The number of rotatable bonds is 5. The number of hydrogen-bond donors (Lipinski definition) is 0. The van der Waals surface area contributed by atoms with E-state index in [2.05, 4.69) is 179 Å². The van der Waals surface area contributed by atoms with Crippen LogP contribution in [-0.4, -0.2) is 0 Å². The smallest absolute Gasteiger partial charge is 0.0808 e. The number of thiophene rings is 1. The third kappa shape index (κ3) is 3.81. The van der Waals surface area contributed by atoms with Gasteiger partial charge >= 0.3 is 0 Å². The fourth-order valence-electron chi connectivity index (χ4n) is 6.63. The molecular formula is C39H26BrNS. The molecule has 1 aliphatic carbocycles. The minimum Gasteiger partial charge on any atom is -0.310 e. The maximum Gasteiger partial charge on any atom is 0.0808 e. The van der Waals surface area contributed by atoms with Crippen LogP contribution in [0.15, 0.2) is 162 Å². The molecule has 0 unspecified atom stereocenters. The molecule has 1 heterocycles. The summed E-state index contributed by atoms with van der Waals surface area (Å²) in [4.78, 5) is 3.75. The molecule has 0 amide bonds. The predicted octanol–water partition coefficient (Wildman–Crippen LogP) is 11.5. The molecule has 1 aliphatic rings. The normalized spacial score (nSPS) is 13.1. The highest BCUT2D eigenvalue weighted by Gasteiger charge is 2.48. The first kappa shape index (κ1) is 25.3. The molecule has 3 heteroatoms. The molecule has 0 aliphatic heterocycles. The summed E-state index contributed by atoms with van der Waals surface area (Å²) in [7, 11) is 0. The Labute approximate surface area is 258 Å². The molecule has 0 bridgehead atoms. The Kier molecular flexibility index (Phi) is 6.10. The molecule has 6 aromatic carbocycles. The average molecular weight is 621 g/mol. The molecular weight excluding hydrogens is 594 g/mol.